The van der Waals surface area contributed by atoms with Gasteiger partial charge in [-0.05, 0) is 55.2 Å². The average molecular weight is 280 g/mol. The Bertz CT molecular complexity index is 721. The Morgan fingerprint density at radius 2 is 1.67 bits per heavy atom. The van der Waals surface area contributed by atoms with Crippen molar-refractivity contribution in [1.29, 1.82) is 0 Å². The van der Waals surface area contributed by atoms with E-state index in [1.165, 1.54) is 16.7 Å². The normalized spacial score (nSPS) is 17.4. The second kappa shape index (κ2) is 4.92. The van der Waals surface area contributed by atoms with Crippen molar-refractivity contribution in [2.75, 3.05) is 11.9 Å². The van der Waals surface area contributed by atoms with Crippen molar-refractivity contribution in [1.82, 2.24) is 5.32 Å². The number of anilines is 1. The second-order valence-corrected chi connectivity index (χ2v) is 5.80. The van der Waals surface area contributed by atoms with Crippen LogP contribution in [0, 0.1) is 20.8 Å². The molecule has 1 amide bonds. The zero-order valence-corrected chi connectivity index (χ0v) is 12.9. The van der Waals surface area contributed by atoms with Crippen molar-refractivity contribution in [3.63, 3.8) is 0 Å². The molecular weight excluding hydrogens is 260 g/mol. The highest BCUT2D eigenvalue weighted by Crippen LogP contribution is 2.33. The molecule has 0 saturated carbocycles. The summed E-state index contributed by atoms with van der Waals surface area (Å²) < 4.78 is 0. The van der Waals surface area contributed by atoms with Gasteiger partial charge < -0.3 is 10.2 Å². The molecule has 2 aromatic rings. The van der Waals surface area contributed by atoms with Gasteiger partial charge >= 0.3 is 0 Å². The van der Waals surface area contributed by atoms with Gasteiger partial charge in [0.15, 0.2) is 0 Å². The Hall–Kier alpha value is -2.29. The third-order valence-electron chi connectivity index (χ3n) is 4.36. The molecule has 1 aliphatic heterocycles. The van der Waals surface area contributed by atoms with Crippen LogP contribution in [0.2, 0.25) is 0 Å². The molecule has 108 valence electrons. The highest BCUT2D eigenvalue weighted by molar-refractivity contribution is 6.02. The lowest BCUT2D eigenvalue weighted by Gasteiger charge is -2.37. The Morgan fingerprint density at radius 3 is 2.43 bits per heavy atom. The summed E-state index contributed by atoms with van der Waals surface area (Å²) in [6, 6.07) is 12.1. The Balaban J connectivity index is 2.10. The fourth-order valence-corrected chi connectivity index (χ4v) is 2.97. The molecule has 3 heteroatoms. The highest BCUT2D eigenvalue weighted by atomic mass is 16.2. The molecule has 3 rings (SSSR count). The van der Waals surface area contributed by atoms with Crippen LogP contribution in [0.4, 0.5) is 5.69 Å². The summed E-state index contributed by atoms with van der Waals surface area (Å²) in [6.07, 6.45) is -0.119. The summed E-state index contributed by atoms with van der Waals surface area (Å²) in [5.41, 5.74) is 6.60. The maximum absolute atomic E-state index is 12.3. The molecule has 0 aromatic heterocycles. The number of fused-ring (bicyclic) bond motifs is 1. The van der Waals surface area contributed by atoms with Crippen LogP contribution in [-0.2, 0) is 0 Å². The molecule has 0 fully saturated rings. The number of hydrogen-bond donors (Lipinski definition) is 1. The maximum atomic E-state index is 12.3. The fourth-order valence-electron chi connectivity index (χ4n) is 2.97. The molecular formula is C18H20N2O. The molecule has 0 radical (unpaired) electrons. The third-order valence-corrected chi connectivity index (χ3v) is 4.36. The van der Waals surface area contributed by atoms with Gasteiger partial charge in [0.1, 0.15) is 6.17 Å². The van der Waals surface area contributed by atoms with Crippen molar-refractivity contribution < 1.29 is 4.79 Å². The minimum Gasteiger partial charge on any atom is -0.350 e. The van der Waals surface area contributed by atoms with E-state index in [4.69, 9.17) is 0 Å². The first-order valence-corrected chi connectivity index (χ1v) is 7.19. The summed E-state index contributed by atoms with van der Waals surface area (Å²) in [5.74, 6) is -0.00803. The Labute approximate surface area is 125 Å². The number of nitrogens with zero attached hydrogens (tertiary/aromatic N) is 1. The topological polar surface area (TPSA) is 32.3 Å². The molecule has 21 heavy (non-hydrogen) atoms. The molecule has 2 aromatic carbocycles. The van der Waals surface area contributed by atoms with E-state index < -0.39 is 0 Å². The largest absolute Gasteiger partial charge is 0.350 e. The van der Waals surface area contributed by atoms with E-state index >= 15 is 0 Å². The van der Waals surface area contributed by atoms with Crippen molar-refractivity contribution in [2.24, 2.45) is 0 Å². The van der Waals surface area contributed by atoms with E-state index in [9.17, 15) is 4.79 Å². The van der Waals surface area contributed by atoms with Gasteiger partial charge in [-0.2, -0.15) is 0 Å². The summed E-state index contributed by atoms with van der Waals surface area (Å²) in [5, 5.41) is 3.11. The van der Waals surface area contributed by atoms with Crippen LogP contribution < -0.4 is 10.2 Å². The van der Waals surface area contributed by atoms with Gasteiger partial charge in [0.2, 0.25) is 0 Å². The van der Waals surface area contributed by atoms with E-state index in [0.717, 1.165) is 16.8 Å². The Kier molecular flexibility index (Phi) is 3.20. The summed E-state index contributed by atoms with van der Waals surface area (Å²) >= 11 is 0. The molecule has 3 nitrogen and oxygen atoms in total. The van der Waals surface area contributed by atoms with Crippen molar-refractivity contribution in [3.8, 4) is 0 Å². The number of carbonyl (C=O) groups is 1. The summed E-state index contributed by atoms with van der Waals surface area (Å²) in [6.45, 7) is 6.32. The lowest BCUT2D eigenvalue weighted by Crippen LogP contribution is -2.44. The number of rotatable bonds is 1. The van der Waals surface area contributed by atoms with Crippen LogP contribution in [0.5, 0.6) is 0 Å². The minimum absolute atomic E-state index is 0.00803. The van der Waals surface area contributed by atoms with Crippen molar-refractivity contribution in [3.05, 3.63) is 64.2 Å². The summed E-state index contributed by atoms with van der Waals surface area (Å²) in [4.78, 5) is 14.5. The minimum atomic E-state index is -0.119. The van der Waals surface area contributed by atoms with E-state index in [1.807, 2.05) is 31.3 Å². The summed E-state index contributed by atoms with van der Waals surface area (Å²) in [7, 11) is 2.03. The van der Waals surface area contributed by atoms with E-state index in [2.05, 4.69) is 43.1 Å². The number of hydrogen-bond acceptors (Lipinski definition) is 2. The fraction of sp³-hybridized carbons (Fsp3) is 0.278. The van der Waals surface area contributed by atoms with E-state index in [1.54, 1.807) is 0 Å². The Morgan fingerprint density at radius 1 is 1.00 bits per heavy atom. The SMILES string of the molecule is Cc1cc(C)c(C2NC(=O)c3ccccc3N2C)cc1C. The van der Waals surface area contributed by atoms with Gasteiger partial charge in [-0.1, -0.05) is 24.3 Å². The molecule has 1 aliphatic rings. The molecule has 1 heterocycles. The maximum Gasteiger partial charge on any atom is 0.255 e. The molecule has 0 saturated heterocycles. The number of nitrogens with one attached hydrogen (secondary N) is 1. The molecule has 1 N–H and O–H groups in total. The monoisotopic (exact) mass is 280 g/mol. The lowest BCUT2D eigenvalue weighted by molar-refractivity contribution is 0.0928. The zero-order valence-electron chi connectivity index (χ0n) is 12.9. The van der Waals surface area contributed by atoms with Crippen LogP contribution in [0.25, 0.3) is 0 Å². The predicted octanol–water partition coefficient (Wildman–Crippen LogP) is 3.49. The number of amides is 1. The molecule has 1 atom stereocenters. The standard InChI is InChI=1S/C18H20N2O/c1-11-9-13(3)15(10-12(11)2)17-19-18(21)14-7-5-6-8-16(14)20(17)4/h5-10,17H,1-4H3,(H,19,21). The van der Waals surface area contributed by atoms with E-state index in [0.29, 0.717) is 0 Å². The smallest absolute Gasteiger partial charge is 0.255 e. The molecule has 0 spiro atoms. The molecule has 0 bridgehead atoms. The van der Waals surface area contributed by atoms with Crippen molar-refractivity contribution in [2.45, 2.75) is 26.9 Å². The first-order chi connectivity index (χ1) is 9.99. The van der Waals surface area contributed by atoms with Gasteiger partial charge in [-0.3, -0.25) is 4.79 Å². The van der Waals surface area contributed by atoms with Crippen LogP contribution in [0.15, 0.2) is 36.4 Å². The first-order valence-electron chi connectivity index (χ1n) is 7.19. The second-order valence-electron chi connectivity index (χ2n) is 5.80. The quantitative estimate of drug-likeness (QED) is 0.867. The van der Waals surface area contributed by atoms with Gasteiger partial charge in [0.25, 0.3) is 5.91 Å². The average Bonchev–Trinajstić information content (AvgIpc) is 2.47. The van der Waals surface area contributed by atoms with Gasteiger partial charge in [0, 0.05) is 7.05 Å². The van der Waals surface area contributed by atoms with Crippen LogP contribution in [0.3, 0.4) is 0 Å². The van der Waals surface area contributed by atoms with Crippen LogP contribution in [-0.4, -0.2) is 13.0 Å². The van der Waals surface area contributed by atoms with Crippen LogP contribution >= 0.6 is 0 Å². The predicted molar refractivity (Wildman–Crippen MR) is 85.7 cm³/mol. The van der Waals surface area contributed by atoms with Gasteiger partial charge in [-0.25, -0.2) is 0 Å². The number of carbonyl (C=O) groups excluding carboxylic acids is 1. The lowest BCUT2D eigenvalue weighted by atomic mass is 9.96. The molecule has 1 unspecified atom stereocenters. The zero-order chi connectivity index (χ0) is 15.1. The highest BCUT2D eigenvalue weighted by Gasteiger charge is 2.30. The van der Waals surface area contributed by atoms with E-state index in [-0.39, 0.29) is 12.1 Å². The third kappa shape index (κ3) is 2.19. The van der Waals surface area contributed by atoms with Gasteiger partial charge in [0.05, 0.1) is 11.3 Å². The van der Waals surface area contributed by atoms with Crippen molar-refractivity contribution >= 4 is 11.6 Å². The van der Waals surface area contributed by atoms with Crippen LogP contribution in [0.1, 0.15) is 38.8 Å². The number of para-hydroxylation sites is 1. The first kappa shape index (κ1) is 13.7. The number of benzene rings is 2. The van der Waals surface area contributed by atoms with Gasteiger partial charge in [-0.15, -0.1) is 0 Å². The molecule has 0 aliphatic carbocycles. The number of aryl methyl sites for hydroxylation is 3.